The summed E-state index contributed by atoms with van der Waals surface area (Å²) in [5, 5.41) is 2.17. The molecule has 0 aliphatic carbocycles. The smallest absolute Gasteiger partial charge is 0.172 e. The van der Waals surface area contributed by atoms with E-state index in [4.69, 9.17) is 8.83 Å². The third-order valence-electron chi connectivity index (χ3n) is 4.76. The highest BCUT2D eigenvalue weighted by Gasteiger charge is 2.19. The van der Waals surface area contributed by atoms with Crippen LogP contribution in [0.2, 0.25) is 0 Å². The lowest BCUT2D eigenvalue weighted by molar-refractivity contribution is 0.578. The fourth-order valence-electron chi connectivity index (χ4n) is 3.62. The Morgan fingerprint density at radius 3 is 1.77 bits per heavy atom. The van der Waals surface area contributed by atoms with Crippen LogP contribution in [0.1, 0.15) is 5.76 Å². The zero-order valence-corrected chi connectivity index (χ0v) is 16.3. The van der Waals surface area contributed by atoms with Crippen LogP contribution in [-0.4, -0.2) is 0 Å². The largest absolute Gasteiger partial charge is 0.461 e. The summed E-state index contributed by atoms with van der Waals surface area (Å²) in [6.45, 7) is 2.02. The average Bonchev–Trinajstić information content (AvgIpc) is 3.15. The van der Waals surface area contributed by atoms with Gasteiger partial charge in [-0.05, 0) is 30.2 Å². The molecule has 0 amide bonds. The molecule has 5 aromatic rings. The highest BCUT2D eigenvalue weighted by molar-refractivity contribution is 14.1. The minimum absolute atomic E-state index is 0.888. The summed E-state index contributed by atoms with van der Waals surface area (Å²) in [7, 11) is 0. The standard InChI is InChI=1S/C23H15IO2/c1-14-21(15-8-4-2-5-9-15)17-12-20-18(13-19(17)25-14)22(23(24)26-20)16-10-6-3-7-11-16/h2-13H,1H3. The Hall–Kier alpha value is -2.53. The van der Waals surface area contributed by atoms with Gasteiger partial charge in [0.15, 0.2) is 3.77 Å². The van der Waals surface area contributed by atoms with E-state index in [1.807, 2.05) is 31.2 Å². The molecule has 2 nitrogen and oxygen atoms in total. The Labute approximate surface area is 164 Å². The molecule has 5 rings (SSSR count). The maximum Gasteiger partial charge on any atom is 0.172 e. The van der Waals surface area contributed by atoms with Crippen LogP contribution in [0, 0.1) is 10.7 Å². The normalized spacial score (nSPS) is 11.5. The van der Waals surface area contributed by atoms with Crippen LogP contribution < -0.4 is 0 Å². The van der Waals surface area contributed by atoms with Gasteiger partial charge in [-0.2, -0.15) is 0 Å². The highest BCUT2D eigenvalue weighted by atomic mass is 127. The lowest BCUT2D eigenvalue weighted by Crippen LogP contribution is -1.79. The van der Waals surface area contributed by atoms with Gasteiger partial charge in [0.2, 0.25) is 0 Å². The number of rotatable bonds is 2. The first-order valence-electron chi connectivity index (χ1n) is 8.48. The van der Waals surface area contributed by atoms with Gasteiger partial charge in [-0.15, -0.1) is 0 Å². The molecule has 0 aliphatic heterocycles. The predicted molar refractivity (Wildman–Crippen MR) is 114 cm³/mol. The molecule has 2 heterocycles. The van der Waals surface area contributed by atoms with Crippen molar-refractivity contribution < 1.29 is 8.83 Å². The summed E-state index contributed by atoms with van der Waals surface area (Å²) >= 11 is 2.27. The molecule has 0 radical (unpaired) electrons. The Morgan fingerprint density at radius 1 is 0.654 bits per heavy atom. The lowest BCUT2D eigenvalue weighted by Gasteiger charge is -2.00. The van der Waals surface area contributed by atoms with Crippen LogP contribution in [0.4, 0.5) is 0 Å². The van der Waals surface area contributed by atoms with Crippen molar-refractivity contribution in [3.8, 4) is 22.3 Å². The number of furan rings is 2. The molecule has 0 saturated heterocycles. The molecule has 26 heavy (non-hydrogen) atoms. The molecular weight excluding hydrogens is 435 g/mol. The summed E-state index contributed by atoms with van der Waals surface area (Å²) in [5.41, 5.74) is 6.35. The third-order valence-corrected chi connectivity index (χ3v) is 5.52. The van der Waals surface area contributed by atoms with Crippen molar-refractivity contribution in [2.24, 2.45) is 0 Å². The fraction of sp³-hybridized carbons (Fsp3) is 0.0435. The van der Waals surface area contributed by atoms with E-state index >= 15 is 0 Å². The van der Waals surface area contributed by atoms with E-state index in [1.54, 1.807) is 0 Å². The summed E-state index contributed by atoms with van der Waals surface area (Å²) in [6.07, 6.45) is 0. The minimum Gasteiger partial charge on any atom is -0.461 e. The second-order valence-electron chi connectivity index (χ2n) is 6.36. The van der Waals surface area contributed by atoms with Gasteiger partial charge in [-0.25, -0.2) is 0 Å². The van der Waals surface area contributed by atoms with Crippen LogP contribution in [-0.2, 0) is 0 Å². The van der Waals surface area contributed by atoms with Gasteiger partial charge < -0.3 is 8.83 Å². The van der Waals surface area contributed by atoms with E-state index in [9.17, 15) is 0 Å². The van der Waals surface area contributed by atoms with E-state index in [-0.39, 0.29) is 0 Å². The van der Waals surface area contributed by atoms with Crippen molar-refractivity contribution in [3.05, 3.63) is 82.3 Å². The number of halogens is 1. The number of benzene rings is 3. The molecule has 2 aromatic heterocycles. The average molecular weight is 450 g/mol. The molecule has 0 unspecified atom stereocenters. The number of hydrogen-bond acceptors (Lipinski definition) is 2. The molecular formula is C23H15IO2. The van der Waals surface area contributed by atoms with Crippen molar-refractivity contribution in [1.82, 2.24) is 0 Å². The summed E-state index contributed by atoms with van der Waals surface area (Å²) in [6, 6.07) is 24.9. The molecule has 126 valence electrons. The molecule has 0 spiro atoms. The second-order valence-corrected chi connectivity index (χ2v) is 7.34. The molecule has 0 N–H and O–H groups in total. The maximum absolute atomic E-state index is 6.12. The second kappa shape index (κ2) is 6.02. The Bertz CT molecular complexity index is 1130. The minimum atomic E-state index is 0.888. The molecule has 0 aliphatic rings. The van der Waals surface area contributed by atoms with Gasteiger partial charge in [0, 0.05) is 44.5 Å². The highest BCUT2D eigenvalue weighted by Crippen LogP contribution is 2.41. The topological polar surface area (TPSA) is 26.3 Å². The maximum atomic E-state index is 6.12. The van der Waals surface area contributed by atoms with E-state index in [1.165, 1.54) is 0 Å². The van der Waals surface area contributed by atoms with E-state index in [0.29, 0.717) is 0 Å². The van der Waals surface area contributed by atoms with E-state index in [0.717, 1.165) is 53.7 Å². The van der Waals surface area contributed by atoms with E-state index in [2.05, 4.69) is 71.1 Å². The zero-order valence-electron chi connectivity index (χ0n) is 14.1. The van der Waals surface area contributed by atoms with Crippen LogP contribution in [0.15, 0.2) is 81.6 Å². The zero-order chi connectivity index (χ0) is 17.7. The molecule has 0 atom stereocenters. The van der Waals surface area contributed by atoms with Crippen LogP contribution in [0.25, 0.3) is 44.2 Å². The van der Waals surface area contributed by atoms with Crippen LogP contribution in [0.3, 0.4) is 0 Å². The van der Waals surface area contributed by atoms with Gasteiger partial charge in [-0.1, -0.05) is 60.7 Å². The van der Waals surface area contributed by atoms with Crippen molar-refractivity contribution in [1.29, 1.82) is 0 Å². The number of fused-ring (bicyclic) bond motifs is 2. The molecule has 0 saturated carbocycles. The Kier molecular flexibility index (Phi) is 3.64. The van der Waals surface area contributed by atoms with Crippen LogP contribution in [0.5, 0.6) is 0 Å². The van der Waals surface area contributed by atoms with Crippen LogP contribution >= 0.6 is 22.6 Å². The summed E-state index contributed by atoms with van der Waals surface area (Å²) < 4.78 is 13.1. The first-order chi connectivity index (χ1) is 12.7. The SMILES string of the molecule is Cc1oc2cc3c(-c4ccccc4)c(I)oc3cc2c1-c1ccccc1. The molecule has 0 bridgehead atoms. The predicted octanol–water partition coefficient (Wildman–Crippen LogP) is 7.43. The quantitative estimate of drug-likeness (QED) is 0.262. The lowest BCUT2D eigenvalue weighted by atomic mass is 10.00. The van der Waals surface area contributed by atoms with Gasteiger partial charge in [0.1, 0.15) is 16.9 Å². The van der Waals surface area contributed by atoms with Crippen molar-refractivity contribution in [3.63, 3.8) is 0 Å². The Balaban J connectivity index is 1.82. The van der Waals surface area contributed by atoms with Gasteiger partial charge in [-0.3, -0.25) is 0 Å². The first-order valence-corrected chi connectivity index (χ1v) is 9.56. The monoisotopic (exact) mass is 450 g/mol. The van der Waals surface area contributed by atoms with Crippen molar-refractivity contribution >= 4 is 44.5 Å². The summed E-state index contributed by atoms with van der Waals surface area (Å²) in [4.78, 5) is 0. The van der Waals surface area contributed by atoms with Gasteiger partial charge in [0.05, 0.1) is 0 Å². The van der Waals surface area contributed by atoms with Gasteiger partial charge >= 0.3 is 0 Å². The molecule has 3 aromatic carbocycles. The third kappa shape index (κ3) is 2.38. The first kappa shape index (κ1) is 15.7. The Morgan fingerprint density at radius 2 is 1.15 bits per heavy atom. The van der Waals surface area contributed by atoms with E-state index < -0.39 is 0 Å². The number of aryl methyl sites for hydroxylation is 1. The molecule has 0 fully saturated rings. The molecule has 3 heteroatoms. The van der Waals surface area contributed by atoms with Crippen molar-refractivity contribution in [2.45, 2.75) is 6.92 Å². The number of hydrogen-bond donors (Lipinski definition) is 0. The fourth-order valence-corrected chi connectivity index (χ4v) is 4.46. The summed E-state index contributed by atoms with van der Waals surface area (Å²) in [5.74, 6) is 0.926. The van der Waals surface area contributed by atoms with Gasteiger partial charge in [0.25, 0.3) is 0 Å². The van der Waals surface area contributed by atoms with Crippen molar-refractivity contribution in [2.75, 3.05) is 0 Å².